The molecule has 0 N–H and O–H groups in total. The number of hydrogen-bond acceptors (Lipinski definition) is 0. The van der Waals surface area contributed by atoms with Crippen LogP contribution >= 0.6 is 0 Å². The normalized spacial score (nSPS) is 12.0. The van der Waals surface area contributed by atoms with Crippen LogP contribution in [0.1, 0.15) is 18.5 Å². The van der Waals surface area contributed by atoms with Gasteiger partial charge in [-0.15, -0.1) is 0 Å². The molecule has 0 amide bonds. The van der Waals surface area contributed by atoms with Gasteiger partial charge in [0.1, 0.15) is 0 Å². The van der Waals surface area contributed by atoms with Gasteiger partial charge in [-0.1, -0.05) is 54.6 Å². The third kappa shape index (κ3) is 2.83. The maximum absolute atomic E-state index is 2.29. The molecule has 23 heavy (non-hydrogen) atoms. The van der Waals surface area contributed by atoms with Gasteiger partial charge >= 0.3 is 0 Å². The Morgan fingerprint density at radius 3 is 1.78 bits per heavy atom. The summed E-state index contributed by atoms with van der Waals surface area (Å²) < 4.78 is 2.27. The molecule has 1 heterocycles. The molecule has 0 saturated carbocycles. The zero-order valence-corrected chi connectivity index (χ0v) is 15.1. The minimum absolute atomic E-state index is 0. The van der Waals surface area contributed by atoms with E-state index >= 15 is 0 Å². The fraction of sp³-hybridized carbons (Fsp3) is 0.0952. The van der Waals surface area contributed by atoms with Crippen molar-refractivity contribution >= 4 is 21.5 Å². The average Bonchev–Trinajstić information content (AvgIpc) is 2.60. The number of nitrogens with zero attached hydrogens (tertiary/aromatic N) is 1. The molecule has 0 radical (unpaired) electrons. The Hall–Kier alpha value is -1.94. The monoisotopic (exact) mass is 411 g/mol. The van der Waals surface area contributed by atoms with Crippen LogP contribution in [0.4, 0.5) is 0 Å². The van der Waals surface area contributed by atoms with Gasteiger partial charge in [-0.25, -0.2) is 0 Å². The van der Waals surface area contributed by atoms with Crippen molar-refractivity contribution in [3.8, 4) is 0 Å². The standard InChI is InChI=1S/C21H18N.HI/c1-16(22-13-7-2-8-14-22)21-19-11-5-3-9-17(19)15-18-10-4-6-12-20(18)21;/h2-16H,1H3;1H/q+1;/p-1. The van der Waals surface area contributed by atoms with E-state index in [1.807, 2.05) is 0 Å². The van der Waals surface area contributed by atoms with Crippen molar-refractivity contribution in [3.05, 3.63) is 90.8 Å². The van der Waals surface area contributed by atoms with Crippen molar-refractivity contribution in [2.75, 3.05) is 0 Å². The summed E-state index contributed by atoms with van der Waals surface area (Å²) in [5.41, 5.74) is 1.39. The molecule has 0 fully saturated rings. The summed E-state index contributed by atoms with van der Waals surface area (Å²) in [5.74, 6) is 0. The molecule has 3 aromatic carbocycles. The Bertz CT molecular complexity index is 893. The van der Waals surface area contributed by atoms with Crippen LogP contribution < -0.4 is 28.5 Å². The quantitative estimate of drug-likeness (QED) is 0.270. The van der Waals surface area contributed by atoms with Gasteiger partial charge in [0.15, 0.2) is 18.4 Å². The van der Waals surface area contributed by atoms with Crippen LogP contribution in [0.2, 0.25) is 0 Å². The number of aromatic nitrogens is 1. The molecule has 4 aromatic rings. The summed E-state index contributed by atoms with van der Waals surface area (Å²) in [6.45, 7) is 2.27. The molecule has 0 aliphatic carbocycles. The number of rotatable bonds is 2. The van der Waals surface area contributed by atoms with E-state index in [1.54, 1.807) is 0 Å². The highest BCUT2D eigenvalue weighted by Gasteiger charge is 2.20. The van der Waals surface area contributed by atoms with Gasteiger partial charge < -0.3 is 24.0 Å². The molecule has 114 valence electrons. The number of benzene rings is 3. The van der Waals surface area contributed by atoms with E-state index in [1.165, 1.54) is 27.1 Å². The van der Waals surface area contributed by atoms with Gasteiger partial charge in [-0.05, 0) is 27.6 Å². The lowest BCUT2D eigenvalue weighted by atomic mass is 9.92. The van der Waals surface area contributed by atoms with E-state index in [0.29, 0.717) is 0 Å². The molecule has 4 rings (SSSR count). The third-order valence-electron chi connectivity index (χ3n) is 4.42. The van der Waals surface area contributed by atoms with Crippen LogP contribution in [0.15, 0.2) is 85.2 Å². The molecule has 0 saturated heterocycles. The van der Waals surface area contributed by atoms with E-state index in [4.69, 9.17) is 0 Å². The second-order valence-corrected chi connectivity index (χ2v) is 5.73. The number of pyridine rings is 1. The highest BCUT2D eigenvalue weighted by atomic mass is 127. The predicted molar refractivity (Wildman–Crippen MR) is 91.9 cm³/mol. The molecule has 2 heteroatoms. The second kappa shape index (κ2) is 6.67. The van der Waals surface area contributed by atoms with Crippen LogP contribution in [0, 0.1) is 0 Å². The van der Waals surface area contributed by atoms with Crippen LogP contribution in [-0.4, -0.2) is 0 Å². The first kappa shape index (κ1) is 15.9. The molecule has 1 nitrogen and oxygen atoms in total. The van der Waals surface area contributed by atoms with Crippen LogP contribution in [0.25, 0.3) is 21.5 Å². The first-order chi connectivity index (χ1) is 10.8. The molecule has 0 bridgehead atoms. The lowest BCUT2D eigenvalue weighted by molar-refractivity contribution is -0.710. The molecule has 1 atom stereocenters. The lowest BCUT2D eigenvalue weighted by Crippen LogP contribution is -3.00. The molecule has 1 unspecified atom stereocenters. The van der Waals surface area contributed by atoms with Crippen molar-refractivity contribution in [2.45, 2.75) is 13.0 Å². The van der Waals surface area contributed by atoms with E-state index < -0.39 is 0 Å². The van der Waals surface area contributed by atoms with Crippen molar-refractivity contribution in [1.82, 2.24) is 0 Å². The van der Waals surface area contributed by atoms with Gasteiger partial charge in [-0.3, -0.25) is 0 Å². The van der Waals surface area contributed by atoms with Gasteiger partial charge in [0, 0.05) is 24.6 Å². The summed E-state index contributed by atoms with van der Waals surface area (Å²) in [5, 5.41) is 5.29. The lowest BCUT2D eigenvalue weighted by Gasteiger charge is -2.14. The van der Waals surface area contributed by atoms with Crippen LogP contribution in [0.5, 0.6) is 0 Å². The topological polar surface area (TPSA) is 3.88 Å². The summed E-state index contributed by atoms with van der Waals surface area (Å²) in [7, 11) is 0. The van der Waals surface area contributed by atoms with Crippen molar-refractivity contribution in [1.29, 1.82) is 0 Å². The molecule has 0 spiro atoms. The Balaban J connectivity index is 0.00000156. The maximum atomic E-state index is 2.29. The Morgan fingerprint density at radius 1 is 0.696 bits per heavy atom. The third-order valence-corrected chi connectivity index (χ3v) is 4.42. The highest BCUT2D eigenvalue weighted by molar-refractivity contribution is 6.02. The average molecular weight is 411 g/mol. The van der Waals surface area contributed by atoms with Crippen molar-refractivity contribution < 1.29 is 28.5 Å². The van der Waals surface area contributed by atoms with Crippen molar-refractivity contribution in [2.24, 2.45) is 0 Å². The van der Waals surface area contributed by atoms with E-state index in [9.17, 15) is 0 Å². The zero-order chi connectivity index (χ0) is 14.9. The number of hydrogen-bond donors (Lipinski definition) is 0. The van der Waals surface area contributed by atoms with Crippen molar-refractivity contribution in [3.63, 3.8) is 0 Å². The molecular formula is C21H18IN. The van der Waals surface area contributed by atoms with E-state index in [2.05, 4.69) is 96.7 Å². The van der Waals surface area contributed by atoms with Crippen LogP contribution in [0.3, 0.4) is 0 Å². The fourth-order valence-electron chi connectivity index (χ4n) is 3.32. The Kier molecular flexibility index (Phi) is 4.62. The first-order valence-corrected chi connectivity index (χ1v) is 7.71. The second-order valence-electron chi connectivity index (χ2n) is 5.73. The number of fused-ring (bicyclic) bond motifs is 2. The summed E-state index contributed by atoms with van der Waals surface area (Å²) in [6, 6.07) is 26.2. The summed E-state index contributed by atoms with van der Waals surface area (Å²) in [4.78, 5) is 0. The van der Waals surface area contributed by atoms with Gasteiger partial charge in [0.25, 0.3) is 0 Å². The minimum Gasteiger partial charge on any atom is -1.00 e. The summed E-state index contributed by atoms with van der Waals surface area (Å²) in [6.07, 6.45) is 4.28. The van der Waals surface area contributed by atoms with Gasteiger partial charge in [0.05, 0.1) is 0 Å². The van der Waals surface area contributed by atoms with E-state index in [0.717, 1.165) is 0 Å². The van der Waals surface area contributed by atoms with Gasteiger partial charge in [-0.2, -0.15) is 4.57 Å². The molecule has 0 aliphatic rings. The maximum Gasteiger partial charge on any atom is 0.181 e. The minimum atomic E-state index is 0. The molecular weight excluding hydrogens is 393 g/mol. The molecule has 0 aliphatic heterocycles. The predicted octanol–water partition coefficient (Wildman–Crippen LogP) is 1.89. The number of halogens is 1. The zero-order valence-electron chi connectivity index (χ0n) is 13.0. The van der Waals surface area contributed by atoms with Crippen LogP contribution in [-0.2, 0) is 0 Å². The smallest absolute Gasteiger partial charge is 0.181 e. The highest BCUT2D eigenvalue weighted by Crippen LogP contribution is 2.32. The Morgan fingerprint density at radius 2 is 1.22 bits per heavy atom. The Labute approximate surface area is 153 Å². The summed E-state index contributed by atoms with van der Waals surface area (Å²) >= 11 is 0. The van der Waals surface area contributed by atoms with Gasteiger partial charge in [0.2, 0.25) is 0 Å². The fourth-order valence-corrected chi connectivity index (χ4v) is 3.32. The SMILES string of the molecule is CC(c1c2ccccc2cc2ccccc12)[n+]1ccccc1.[I-]. The first-order valence-electron chi connectivity index (χ1n) is 7.71. The largest absolute Gasteiger partial charge is 1.00 e. The van der Waals surface area contributed by atoms with E-state index in [-0.39, 0.29) is 30.0 Å². The molecule has 1 aromatic heterocycles.